The lowest BCUT2D eigenvalue weighted by molar-refractivity contribution is -0.384. The number of aliphatic hydroxyl groups is 1. The molecule has 11 heteroatoms. The number of benzene rings is 2. The molecule has 1 aliphatic rings. The molecule has 0 unspecified atom stereocenters. The number of methoxy groups -OCH3 is 1. The number of nitro benzene ring substituents is 1. The summed E-state index contributed by atoms with van der Waals surface area (Å²) >= 11 is 1.18. The van der Waals surface area contributed by atoms with Gasteiger partial charge in [0.25, 0.3) is 11.6 Å². The number of non-ortho nitro benzene ring substituents is 1. The number of aromatic nitrogens is 1. The Morgan fingerprint density at radius 3 is 2.65 bits per heavy atom. The molecule has 2 aromatic heterocycles. The van der Waals surface area contributed by atoms with Gasteiger partial charge in [-0.2, -0.15) is 0 Å². The van der Waals surface area contributed by atoms with Crippen molar-refractivity contribution in [2.75, 3.05) is 12.0 Å². The number of nitrogens with zero attached hydrogens (tertiary/aromatic N) is 3. The number of furan rings is 1. The SMILES string of the molecule is COc1ccc2nc(N3C(=O)C(O)=C(C(=O)c4ccco4)[C@H]3c3ccc([N+](=O)[O-])cc3)sc2c1. The molecule has 0 saturated carbocycles. The van der Waals surface area contributed by atoms with Crippen molar-refractivity contribution in [3.8, 4) is 5.75 Å². The van der Waals surface area contributed by atoms with Gasteiger partial charge < -0.3 is 14.3 Å². The maximum absolute atomic E-state index is 13.2. The van der Waals surface area contributed by atoms with Crippen LogP contribution in [0, 0.1) is 10.1 Å². The van der Waals surface area contributed by atoms with Gasteiger partial charge in [0.1, 0.15) is 5.75 Å². The van der Waals surface area contributed by atoms with Gasteiger partial charge in [0, 0.05) is 12.1 Å². The molecule has 0 fully saturated rings. The number of carbonyl (C=O) groups is 2. The summed E-state index contributed by atoms with van der Waals surface area (Å²) in [6.45, 7) is 0. The van der Waals surface area contributed by atoms with Gasteiger partial charge >= 0.3 is 0 Å². The third kappa shape index (κ3) is 3.39. The molecule has 0 saturated heterocycles. The first-order valence-electron chi connectivity index (χ1n) is 9.93. The van der Waals surface area contributed by atoms with Gasteiger partial charge in [0.05, 0.1) is 40.1 Å². The van der Waals surface area contributed by atoms with Gasteiger partial charge in [0.2, 0.25) is 5.78 Å². The minimum Gasteiger partial charge on any atom is -0.503 e. The highest BCUT2D eigenvalue weighted by Gasteiger charge is 2.46. The molecular weight excluding hydrogens is 462 g/mol. The Morgan fingerprint density at radius 2 is 2.00 bits per heavy atom. The lowest BCUT2D eigenvalue weighted by Gasteiger charge is -2.24. The fourth-order valence-electron chi connectivity index (χ4n) is 3.79. The molecule has 1 amide bonds. The number of carbonyl (C=O) groups excluding carboxylic acids is 2. The third-order valence-electron chi connectivity index (χ3n) is 5.41. The lowest BCUT2D eigenvalue weighted by atomic mass is 9.95. The molecular formula is C23H15N3O7S. The maximum atomic E-state index is 13.2. The molecule has 170 valence electrons. The summed E-state index contributed by atoms with van der Waals surface area (Å²) in [5.74, 6) is -1.68. The number of hydrogen-bond donors (Lipinski definition) is 1. The van der Waals surface area contributed by atoms with Crippen molar-refractivity contribution in [3.05, 3.63) is 93.6 Å². The highest BCUT2D eigenvalue weighted by Crippen LogP contribution is 2.44. The Labute approximate surface area is 195 Å². The summed E-state index contributed by atoms with van der Waals surface area (Å²) in [4.78, 5) is 42.7. The van der Waals surface area contributed by atoms with E-state index in [2.05, 4.69) is 4.98 Å². The van der Waals surface area contributed by atoms with Crippen molar-refractivity contribution in [2.45, 2.75) is 6.04 Å². The molecule has 0 bridgehead atoms. The zero-order valence-corrected chi connectivity index (χ0v) is 18.3. The van der Waals surface area contributed by atoms with Crippen LogP contribution >= 0.6 is 11.3 Å². The smallest absolute Gasteiger partial charge is 0.296 e. The van der Waals surface area contributed by atoms with Crippen LogP contribution in [0.2, 0.25) is 0 Å². The summed E-state index contributed by atoms with van der Waals surface area (Å²) in [6.07, 6.45) is 1.31. The minimum absolute atomic E-state index is 0.0582. The van der Waals surface area contributed by atoms with E-state index >= 15 is 0 Å². The Balaban J connectivity index is 1.66. The van der Waals surface area contributed by atoms with Gasteiger partial charge in [-0.1, -0.05) is 11.3 Å². The molecule has 10 nitrogen and oxygen atoms in total. The zero-order valence-electron chi connectivity index (χ0n) is 17.5. The van der Waals surface area contributed by atoms with Crippen LogP contribution in [0.25, 0.3) is 10.2 Å². The summed E-state index contributed by atoms with van der Waals surface area (Å²) in [7, 11) is 1.53. The Bertz CT molecular complexity index is 1470. The Hall–Kier alpha value is -4.51. The second kappa shape index (κ2) is 8.12. The minimum atomic E-state index is -1.08. The molecule has 1 atom stereocenters. The van der Waals surface area contributed by atoms with Crippen LogP contribution in [0.3, 0.4) is 0 Å². The van der Waals surface area contributed by atoms with Crippen molar-refractivity contribution in [1.82, 2.24) is 4.98 Å². The van der Waals surface area contributed by atoms with E-state index in [1.54, 1.807) is 18.2 Å². The van der Waals surface area contributed by atoms with E-state index in [4.69, 9.17) is 9.15 Å². The summed E-state index contributed by atoms with van der Waals surface area (Å²) in [6, 6.07) is 12.5. The molecule has 2 aromatic carbocycles. The Kier molecular flexibility index (Phi) is 5.10. The highest BCUT2D eigenvalue weighted by atomic mass is 32.1. The number of hydrogen-bond acceptors (Lipinski definition) is 9. The Morgan fingerprint density at radius 1 is 1.24 bits per heavy atom. The van der Waals surface area contributed by atoms with Gasteiger partial charge in [-0.15, -0.1) is 0 Å². The number of amides is 1. The van der Waals surface area contributed by atoms with Gasteiger partial charge in [-0.3, -0.25) is 24.6 Å². The molecule has 1 aliphatic heterocycles. The normalized spacial score (nSPS) is 15.9. The quantitative estimate of drug-likeness (QED) is 0.242. The predicted octanol–water partition coefficient (Wildman–Crippen LogP) is 4.59. The lowest BCUT2D eigenvalue weighted by Crippen LogP contribution is -2.30. The molecule has 4 aromatic rings. The van der Waals surface area contributed by atoms with Gasteiger partial charge in [-0.25, -0.2) is 4.98 Å². The first kappa shape index (κ1) is 21.3. The van der Waals surface area contributed by atoms with E-state index < -0.39 is 28.4 Å². The van der Waals surface area contributed by atoms with Crippen LogP contribution in [-0.4, -0.2) is 33.8 Å². The maximum Gasteiger partial charge on any atom is 0.296 e. The highest BCUT2D eigenvalue weighted by molar-refractivity contribution is 7.22. The van der Waals surface area contributed by atoms with Gasteiger partial charge in [0.15, 0.2) is 16.7 Å². The van der Waals surface area contributed by atoms with Crippen molar-refractivity contribution < 1.29 is 28.8 Å². The average molecular weight is 477 g/mol. The number of nitro groups is 1. The molecule has 0 spiro atoms. The number of fused-ring (bicyclic) bond motifs is 1. The monoisotopic (exact) mass is 477 g/mol. The van der Waals surface area contributed by atoms with Crippen LogP contribution in [-0.2, 0) is 4.79 Å². The van der Waals surface area contributed by atoms with Crippen molar-refractivity contribution >= 4 is 44.1 Å². The largest absolute Gasteiger partial charge is 0.503 e. The molecule has 1 N–H and O–H groups in total. The first-order valence-corrected chi connectivity index (χ1v) is 10.7. The number of thiazole rings is 1. The van der Waals surface area contributed by atoms with E-state index in [9.17, 15) is 24.8 Å². The van der Waals surface area contributed by atoms with E-state index in [0.29, 0.717) is 16.8 Å². The summed E-state index contributed by atoms with van der Waals surface area (Å²) < 4.78 is 11.2. The van der Waals surface area contributed by atoms with Crippen molar-refractivity contribution in [1.29, 1.82) is 0 Å². The number of Topliss-reactive ketones (excluding diaryl/α,β-unsaturated/α-hetero) is 1. The molecule has 5 rings (SSSR count). The van der Waals surface area contributed by atoms with E-state index in [-0.39, 0.29) is 22.2 Å². The van der Waals surface area contributed by atoms with E-state index in [0.717, 1.165) is 4.70 Å². The molecule has 34 heavy (non-hydrogen) atoms. The fourth-order valence-corrected chi connectivity index (χ4v) is 4.81. The second-order valence-corrected chi connectivity index (χ2v) is 8.33. The number of ketones is 1. The number of ether oxygens (including phenoxy) is 1. The van der Waals surface area contributed by atoms with E-state index in [1.165, 1.54) is 66.0 Å². The second-order valence-electron chi connectivity index (χ2n) is 7.33. The van der Waals surface area contributed by atoms with Crippen LogP contribution in [0.1, 0.15) is 22.2 Å². The van der Waals surface area contributed by atoms with Crippen molar-refractivity contribution in [3.63, 3.8) is 0 Å². The van der Waals surface area contributed by atoms with Crippen LogP contribution in [0.4, 0.5) is 10.8 Å². The molecule has 3 heterocycles. The number of anilines is 1. The first-order chi connectivity index (χ1) is 16.4. The summed E-state index contributed by atoms with van der Waals surface area (Å²) in [5.41, 5.74) is 0.626. The predicted molar refractivity (Wildman–Crippen MR) is 122 cm³/mol. The molecule has 0 aliphatic carbocycles. The van der Waals surface area contributed by atoms with Crippen molar-refractivity contribution in [2.24, 2.45) is 0 Å². The summed E-state index contributed by atoms with van der Waals surface area (Å²) in [5, 5.41) is 22.1. The van der Waals surface area contributed by atoms with E-state index in [1.807, 2.05) is 0 Å². The fraction of sp³-hybridized carbons (Fsp3) is 0.0870. The number of rotatable bonds is 6. The van der Waals surface area contributed by atoms with Gasteiger partial charge in [-0.05, 0) is 48.0 Å². The zero-order chi connectivity index (χ0) is 24.0. The topological polar surface area (TPSA) is 136 Å². The van der Waals surface area contributed by atoms with Crippen LogP contribution < -0.4 is 9.64 Å². The van der Waals surface area contributed by atoms with Crippen LogP contribution in [0.15, 0.2) is 76.6 Å². The number of aliphatic hydroxyl groups excluding tert-OH is 1. The van der Waals surface area contributed by atoms with Crippen LogP contribution in [0.5, 0.6) is 5.75 Å². The third-order valence-corrected chi connectivity index (χ3v) is 6.43. The standard InChI is InChI=1S/C23H15N3O7S/c1-32-14-8-9-15-17(11-14)34-23(24-15)25-19(12-4-6-13(7-5-12)26(30)31)18(21(28)22(25)29)20(27)16-3-2-10-33-16/h2-11,19,28H,1H3/t19-/m1/s1. The molecule has 0 radical (unpaired) electrons. The average Bonchev–Trinajstić information content (AvgIpc) is 3.57.